The van der Waals surface area contributed by atoms with Crippen LogP contribution in [-0.4, -0.2) is 27.6 Å². The normalized spacial score (nSPS) is 10.5. The first-order chi connectivity index (χ1) is 6.33. The molecule has 0 saturated carbocycles. The number of nitrogens with one attached hydrogen (secondary N) is 2. The molecule has 1 aromatic heterocycles. The van der Waals surface area contributed by atoms with Crippen molar-refractivity contribution in [2.45, 2.75) is 13.3 Å². The second-order valence-corrected chi connectivity index (χ2v) is 2.47. The number of aromatic amines is 1. The van der Waals surface area contributed by atoms with Crippen LogP contribution < -0.4 is 5.32 Å². The second kappa shape index (κ2) is 5.08. The van der Waals surface area contributed by atoms with Crippen LogP contribution in [-0.2, 0) is 11.2 Å². The van der Waals surface area contributed by atoms with Gasteiger partial charge in [-0.2, -0.15) is 5.10 Å². The van der Waals surface area contributed by atoms with E-state index in [1.807, 2.05) is 0 Å². The van der Waals surface area contributed by atoms with E-state index in [1.54, 1.807) is 13.0 Å². The molecule has 1 heterocycles. The third-order valence-electron chi connectivity index (χ3n) is 1.44. The van der Waals surface area contributed by atoms with E-state index in [4.69, 9.17) is 0 Å². The van der Waals surface area contributed by atoms with Gasteiger partial charge in [-0.15, -0.1) is 0 Å². The molecule has 2 N–H and O–H groups in total. The Bertz CT molecular complexity index is 278. The predicted molar refractivity (Wildman–Crippen MR) is 47.9 cm³/mol. The summed E-state index contributed by atoms with van der Waals surface area (Å²) >= 11 is 0. The summed E-state index contributed by atoms with van der Waals surface area (Å²) in [5.74, 6) is 0.697. The average Bonchev–Trinajstić information content (AvgIpc) is 2.57. The van der Waals surface area contributed by atoms with Gasteiger partial charge in [-0.05, 0) is 13.0 Å². The fourth-order valence-electron chi connectivity index (χ4n) is 0.866. The van der Waals surface area contributed by atoms with E-state index in [9.17, 15) is 4.79 Å². The van der Waals surface area contributed by atoms with E-state index >= 15 is 0 Å². The van der Waals surface area contributed by atoms with E-state index in [0.717, 1.165) is 5.82 Å². The highest BCUT2D eigenvalue weighted by molar-refractivity contribution is 5.87. The summed E-state index contributed by atoms with van der Waals surface area (Å²) in [7, 11) is 0. The van der Waals surface area contributed by atoms with Crippen molar-refractivity contribution in [2.75, 3.05) is 6.54 Å². The van der Waals surface area contributed by atoms with Crippen LogP contribution in [0.5, 0.6) is 0 Å². The zero-order valence-electron chi connectivity index (χ0n) is 7.45. The smallest absolute Gasteiger partial charge is 0.243 e. The van der Waals surface area contributed by atoms with Crippen molar-refractivity contribution in [2.24, 2.45) is 0 Å². The summed E-state index contributed by atoms with van der Waals surface area (Å²) in [5.41, 5.74) is 0. The van der Waals surface area contributed by atoms with E-state index in [-0.39, 0.29) is 5.91 Å². The van der Waals surface area contributed by atoms with Gasteiger partial charge in [0.2, 0.25) is 5.91 Å². The number of H-pyrrole nitrogens is 1. The van der Waals surface area contributed by atoms with Crippen LogP contribution in [0.15, 0.2) is 18.5 Å². The van der Waals surface area contributed by atoms with Crippen LogP contribution in [0.2, 0.25) is 0 Å². The maximum atomic E-state index is 10.9. The number of nitrogens with zero attached hydrogens (tertiary/aromatic N) is 2. The highest BCUT2D eigenvalue weighted by atomic mass is 16.1. The van der Waals surface area contributed by atoms with Crippen molar-refractivity contribution in [3.8, 4) is 0 Å². The molecule has 0 bridgehead atoms. The first-order valence-corrected chi connectivity index (χ1v) is 4.07. The highest BCUT2D eigenvalue weighted by Crippen LogP contribution is 1.85. The van der Waals surface area contributed by atoms with Crippen LogP contribution in [0.4, 0.5) is 0 Å². The summed E-state index contributed by atoms with van der Waals surface area (Å²) in [5, 5.41) is 9.11. The summed E-state index contributed by atoms with van der Waals surface area (Å²) in [6.07, 6.45) is 5.30. The molecule has 0 radical (unpaired) electrons. The van der Waals surface area contributed by atoms with Gasteiger partial charge in [0, 0.05) is 13.0 Å². The number of hydrogen-bond donors (Lipinski definition) is 2. The van der Waals surface area contributed by atoms with Crippen molar-refractivity contribution >= 4 is 5.91 Å². The SMILES string of the molecule is CC=CC(=O)NCCc1ncn[nH]1. The molecular formula is C8H12N4O. The summed E-state index contributed by atoms with van der Waals surface area (Å²) in [4.78, 5) is 14.9. The van der Waals surface area contributed by atoms with Crippen LogP contribution in [0.25, 0.3) is 0 Å². The topological polar surface area (TPSA) is 70.7 Å². The fraction of sp³-hybridized carbons (Fsp3) is 0.375. The number of hydrogen-bond acceptors (Lipinski definition) is 3. The molecule has 13 heavy (non-hydrogen) atoms. The zero-order valence-corrected chi connectivity index (χ0v) is 7.45. The minimum atomic E-state index is -0.0815. The van der Waals surface area contributed by atoms with Crippen molar-refractivity contribution in [1.29, 1.82) is 0 Å². The van der Waals surface area contributed by atoms with Gasteiger partial charge in [0.15, 0.2) is 0 Å². The lowest BCUT2D eigenvalue weighted by molar-refractivity contribution is -0.116. The van der Waals surface area contributed by atoms with Gasteiger partial charge in [-0.3, -0.25) is 9.89 Å². The summed E-state index contributed by atoms with van der Waals surface area (Å²) in [6, 6.07) is 0. The molecule has 0 saturated heterocycles. The molecule has 0 unspecified atom stereocenters. The third kappa shape index (κ3) is 3.50. The molecule has 1 aromatic rings. The number of carbonyl (C=O) groups excluding carboxylic acids is 1. The van der Waals surface area contributed by atoms with Crippen molar-refractivity contribution in [3.05, 3.63) is 24.3 Å². The van der Waals surface area contributed by atoms with Crippen LogP contribution in [0, 0.1) is 0 Å². The Kier molecular flexibility index (Phi) is 3.69. The zero-order chi connectivity index (χ0) is 9.52. The van der Waals surface area contributed by atoms with Crippen LogP contribution in [0.1, 0.15) is 12.7 Å². The van der Waals surface area contributed by atoms with Gasteiger partial charge < -0.3 is 5.32 Å². The molecule has 0 aliphatic rings. The van der Waals surface area contributed by atoms with Gasteiger partial charge in [-0.1, -0.05) is 6.08 Å². The standard InChI is InChI=1S/C8H12N4O/c1-2-3-8(13)9-5-4-7-10-6-11-12-7/h2-3,6H,4-5H2,1H3,(H,9,13)(H,10,11,12). The lowest BCUT2D eigenvalue weighted by atomic mass is 10.4. The van der Waals surface area contributed by atoms with E-state index in [1.165, 1.54) is 12.4 Å². The monoisotopic (exact) mass is 180 g/mol. The Labute approximate surface area is 76.3 Å². The predicted octanol–water partition coefficient (Wildman–Crippen LogP) is 0.0395. The average molecular weight is 180 g/mol. The molecule has 5 heteroatoms. The molecule has 0 aliphatic carbocycles. The largest absolute Gasteiger partial charge is 0.352 e. The summed E-state index contributed by atoms with van der Waals surface area (Å²) in [6.45, 7) is 2.37. The number of allylic oxidation sites excluding steroid dienone is 1. The maximum Gasteiger partial charge on any atom is 0.243 e. The van der Waals surface area contributed by atoms with Gasteiger partial charge in [-0.25, -0.2) is 4.98 Å². The number of amides is 1. The van der Waals surface area contributed by atoms with Crippen molar-refractivity contribution in [3.63, 3.8) is 0 Å². The quantitative estimate of drug-likeness (QED) is 0.643. The van der Waals surface area contributed by atoms with Gasteiger partial charge in [0.1, 0.15) is 12.2 Å². The summed E-state index contributed by atoms with van der Waals surface area (Å²) < 4.78 is 0. The number of carbonyl (C=O) groups is 1. The number of aromatic nitrogens is 3. The minimum absolute atomic E-state index is 0.0815. The van der Waals surface area contributed by atoms with Crippen LogP contribution >= 0.6 is 0 Å². The van der Waals surface area contributed by atoms with Crippen molar-refractivity contribution in [1.82, 2.24) is 20.5 Å². The fourth-order valence-corrected chi connectivity index (χ4v) is 0.866. The Morgan fingerprint density at radius 2 is 2.62 bits per heavy atom. The molecule has 0 aliphatic heterocycles. The molecule has 0 atom stereocenters. The van der Waals surface area contributed by atoms with Crippen molar-refractivity contribution < 1.29 is 4.79 Å². The first-order valence-electron chi connectivity index (χ1n) is 4.07. The Morgan fingerprint density at radius 1 is 1.77 bits per heavy atom. The van der Waals surface area contributed by atoms with Crippen LogP contribution in [0.3, 0.4) is 0 Å². The molecule has 0 aromatic carbocycles. The lowest BCUT2D eigenvalue weighted by Gasteiger charge is -1.98. The maximum absolute atomic E-state index is 10.9. The molecule has 1 rings (SSSR count). The molecule has 1 amide bonds. The number of rotatable bonds is 4. The van der Waals surface area contributed by atoms with E-state index in [0.29, 0.717) is 13.0 Å². The lowest BCUT2D eigenvalue weighted by Crippen LogP contribution is -2.23. The van der Waals surface area contributed by atoms with Gasteiger partial charge in [0.05, 0.1) is 0 Å². The molecule has 0 spiro atoms. The van der Waals surface area contributed by atoms with E-state index < -0.39 is 0 Å². The third-order valence-corrected chi connectivity index (χ3v) is 1.44. The Morgan fingerprint density at radius 3 is 3.23 bits per heavy atom. The first kappa shape index (κ1) is 9.44. The molecule has 70 valence electrons. The van der Waals surface area contributed by atoms with E-state index in [2.05, 4.69) is 20.5 Å². The van der Waals surface area contributed by atoms with Gasteiger partial charge >= 0.3 is 0 Å². The van der Waals surface area contributed by atoms with Gasteiger partial charge in [0.25, 0.3) is 0 Å². The minimum Gasteiger partial charge on any atom is -0.352 e. The molecule has 5 nitrogen and oxygen atoms in total. The Balaban J connectivity index is 2.18. The highest BCUT2D eigenvalue weighted by Gasteiger charge is 1.96. The second-order valence-electron chi connectivity index (χ2n) is 2.47. The molecular weight excluding hydrogens is 168 g/mol. The molecule has 0 fully saturated rings. The Hall–Kier alpha value is -1.65.